The summed E-state index contributed by atoms with van der Waals surface area (Å²) in [6, 6.07) is 15.0. The Balaban J connectivity index is 1.32. The number of halogens is 1. The first-order valence-electron chi connectivity index (χ1n) is 11.1. The zero-order chi connectivity index (χ0) is 23.1. The summed E-state index contributed by atoms with van der Waals surface area (Å²) in [5, 5.41) is 4.45. The third-order valence-corrected chi connectivity index (χ3v) is 6.94. The summed E-state index contributed by atoms with van der Waals surface area (Å²) >= 11 is 6.46. The van der Waals surface area contributed by atoms with Gasteiger partial charge in [0, 0.05) is 37.7 Å². The van der Waals surface area contributed by atoms with Gasteiger partial charge in [-0.3, -0.25) is 9.59 Å². The Kier molecular flexibility index (Phi) is 5.58. The number of amides is 1. The van der Waals surface area contributed by atoms with E-state index in [1.165, 1.54) is 4.68 Å². The highest BCUT2D eigenvalue weighted by Gasteiger charge is 2.33. The Morgan fingerprint density at radius 2 is 1.76 bits per heavy atom. The number of fused-ring (bicyclic) bond motifs is 1. The summed E-state index contributed by atoms with van der Waals surface area (Å²) in [5.74, 6) is 0.940. The summed E-state index contributed by atoms with van der Waals surface area (Å²) in [7, 11) is 0. The number of para-hydroxylation sites is 2. The maximum absolute atomic E-state index is 13.3. The minimum atomic E-state index is -0.362. The Bertz CT molecular complexity index is 1250. The van der Waals surface area contributed by atoms with Crippen molar-refractivity contribution < 1.29 is 9.53 Å². The predicted molar refractivity (Wildman–Crippen MR) is 128 cm³/mol. The Labute approximate surface area is 197 Å². The van der Waals surface area contributed by atoms with Crippen LogP contribution in [0.3, 0.4) is 0 Å². The average molecular weight is 465 g/mol. The van der Waals surface area contributed by atoms with Crippen LogP contribution in [-0.2, 0) is 0 Å². The lowest BCUT2D eigenvalue weighted by atomic mass is 9.96. The molecule has 2 atom stereocenters. The van der Waals surface area contributed by atoms with Gasteiger partial charge in [-0.25, -0.2) is 0 Å². The lowest BCUT2D eigenvalue weighted by Crippen LogP contribution is -2.49. The molecule has 3 aromatic rings. The lowest BCUT2D eigenvalue weighted by molar-refractivity contribution is 0.0741. The first kappa shape index (κ1) is 21.5. The molecule has 3 heterocycles. The number of anilines is 1. The molecule has 2 aromatic carbocycles. The second-order valence-electron chi connectivity index (χ2n) is 8.51. The average Bonchev–Trinajstić information content (AvgIpc) is 3.14. The number of nitrogens with zero attached hydrogens (tertiary/aromatic N) is 4. The van der Waals surface area contributed by atoms with Gasteiger partial charge in [0.1, 0.15) is 16.9 Å². The molecule has 170 valence electrons. The number of rotatable bonds is 3. The van der Waals surface area contributed by atoms with Gasteiger partial charge in [0.05, 0.1) is 23.1 Å². The van der Waals surface area contributed by atoms with E-state index in [2.05, 4.69) is 12.0 Å². The summed E-state index contributed by atoms with van der Waals surface area (Å²) in [6.07, 6.45) is 1.67. The second kappa shape index (κ2) is 8.56. The van der Waals surface area contributed by atoms with Crippen LogP contribution in [0.25, 0.3) is 5.69 Å². The molecule has 5 rings (SSSR count). The minimum absolute atomic E-state index is 0.0310. The first-order chi connectivity index (χ1) is 16.0. The van der Waals surface area contributed by atoms with Gasteiger partial charge in [-0.05, 0) is 25.1 Å². The van der Waals surface area contributed by atoms with Gasteiger partial charge in [-0.1, -0.05) is 48.9 Å². The van der Waals surface area contributed by atoms with Crippen molar-refractivity contribution in [2.45, 2.75) is 25.9 Å². The number of benzene rings is 2. The Morgan fingerprint density at radius 3 is 2.48 bits per heavy atom. The minimum Gasteiger partial charge on any atom is -0.489 e. The highest BCUT2D eigenvalue weighted by Crippen LogP contribution is 2.40. The van der Waals surface area contributed by atoms with E-state index in [0.29, 0.717) is 48.9 Å². The van der Waals surface area contributed by atoms with Crippen molar-refractivity contribution in [1.82, 2.24) is 14.7 Å². The van der Waals surface area contributed by atoms with Crippen LogP contribution in [0.5, 0.6) is 5.75 Å². The number of carbonyl (C=O) groups excluding carboxylic acids is 1. The molecule has 0 aliphatic carbocycles. The van der Waals surface area contributed by atoms with E-state index in [4.69, 9.17) is 16.3 Å². The molecule has 1 aromatic heterocycles. The van der Waals surface area contributed by atoms with Crippen LogP contribution in [0.4, 0.5) is 5.69 Å². The van der Waals surface area contributed by atoms with Gasteiger partial charge in [-0.2, -0.15) is 9.78 Å². The quantitative estimate of drug-likeness (QED) is 0.590. The third kappa shape index (κ3) is 3.76. The van der Waals surface area contributed by atoms with Crippen LogP contribution >= 0.6 is 11.6 Å². The summed E-state index contributed by atoms with van der Waals surface area (Å²) < 4.78 is 7.30. The first-order valence-corrected chi connectivity index (χ1v) is 11.5. The van der Waals surface area contributed by atoms with Crippen molar-refractivity contribution in [3.05, 3.63) is 81.2 Å². The number of hydrogen-bond acceptors (Lipinski definition) is 5. The number of carbonyl (C=O) groups is 1. The van der Waals surface area contributed by atoms with Crippen molar-refractivity contribution in [1.29, 1.82) is 0 Å². The molecule has 7 nitrogen and oxygen atoms in total. The standard InChI is InChI=1S/C25H25ClN4O3/c1-16-17(2)33-23-19(16)9-6-10-20(23)24(31)29-13-11-28(12-14-29)21-15-27-30(25(32)22(21)26)18-7-4-3-5-8-18/h3-10,15-17H,11-14H2,1-2H3. The van der Waals surface area contributed by atoms with E-state index in [0.717, 1.165) is 5.56 Å². The van der Waals surface area contributed by atoms with E-state index in [1.807, 2.05) is 53.1 Å². The molecule has 0 bridgehead atoms. The summed E-state index contributed by atoms with van der Waals surface area (Å²) in [5.41, 5.74) is 2.59. The molecule has 0 radical (unpaired) electrons. The summed E-state index contributed by atoms with van der Waals surface area (Å²) in [4.78, 5) is 29.9. The van der Waals surface area contributed by atoms with Crippen molar-refractivity contribution in [2.24, 2.45) is 0 Å². The zero-order valence-corrected chi connectivity index (χ0v) is 19.3. The molecule has 1 saturated heterocycles. The Hall–Kier alpha value is -3.32. The normalized spacial score (nSPS) is 19.8. The molecular formula is C25H25ClN4O3. The Morgan fingerprint density at radius 1 is 1.03 bits per heavy atom. The van der Waals surface area contributed by atoms with Crippen molar-refractivity contribution >= 4 is 23.2 Å². The molecule has 8 heteroatoms. The molecule has 2 unspecified atom stereocenters. The van der Waals surface area contributed by atoms with Gasteiger partial charge >= 0.3 is 0 Å². The molecule has 0 spiro atoms. The highest BCUT2D eigenvalue weighted by atomic mass is 35.5. The topological polar surface area (TPSA) is 67.7 Å². The van der Waals surface area contributed by atoms with Gasteiger partial charge in [-0.15, -0.1) is 0 Å². The van der Waals surface area contributed by atoms with Gasteiger partial charge in [0.15, 0.2) is 0 Å². The van der Waals surface area contributed by atoms with E-state index in [1.54, 1.807) is 18.3 Å². The molecule has 1 fully saturated rings. The van der Waals surface area contributed by atoms with Crippen LogP contribution in [0, 0.1) is 0 Å². The fraction of sp³-hybridized carbons (Fsp3) is 0.320. The van der Waals surface area contributed by atoms with Gasteiger partial charge in [0.2, 0.25) is 0 Å². The van der Waals surface area contributed by atoms with Gasteiger partial charge < -0.3 is 14.5 Å². The number of hydrogen-bond donors (Lipinski definition) is 0. The van der Waals surface area contributed by atoms with Gasteiger partial charge in [0.25, 0.3) is 11.5 Å². The molecule has 0 N–H and O–H groups in total. The molecule has 2 aliphatic heterocycles. The van der Waals surface area contributed by atoms with Crippen LogP contribution in [0.2, 0.25) is 5.02 Å². The number of aromatic nitrogens is 2. The zero-order valence-electron chi connectivity index (χ0n) is 18.6. The van der Waals surface area contributed by atoms with Crippen LogP contribution in [0.1, 0.15) is 35.7 Å². The third-order valence-electron chi connectivity index (χ3n) is 6.58. The summed E-state index contributed by atoms with van der Waals surface area (Å²) in [6.45, 7) is 6.31. The highest BCUT2D eigenvalue weighted by molar-refractivity contribution is 6.33. The SMILES string of the molecule is CC1Oc2c(C(=O)N3CCN(c4cnn(-c5ccccc5)c(=O)c4Cl)CC3)cccc2C1C. The van der Waals surface area contributed by atoms with Crippen LogP contribution in [-0.4, -0.2) is 52.9 Å². The molecule has 1 amide bonds. The number of piperazine rings is 1. The fourth-order valence-corrected chi connectivity index (χ4v) is 4.72. The maximum atomic E-state index is 13.3. The van der Waals surface area contributed by atoms with E-state index >= 15 is 0 Å². The van der Waals surface area contributed by atoms with E-state index in [9.17, 15) is 9.59 Å². The smallest absolute Gasteiger partial charge is 0.292 e. The van der Waals surface area contributed by atoms with Crippen LogP contribution < -0.4 is 15.2 Å². The monoisotopic (exact) mass is 464 g/mol. The number of ether oxygens (including phenoxy) is 1. The maximum Gasteiger partial charge on any atom is 0.292 e. The van der Waals surface area contributed by atoms with E-state index < -0.39 is 0 Å². The van der Waals surface area contributed by atoms with Crippen molar-refractivity contribution in [2.75, 3.05) is 31.1 Å². The van der Waals surface area contributed by atoms with Crippen molar-refractivity contribution in [3.63, 3.8) is 0 Å². The molecule has 2 aliphatic rings. The molecule has 0 saturated carbocycles. The predicted octanol–water partition coefficient (Wildman–Crippen LogP) is 3.73. The van der Waals surface area contributed by atoms with Crippen LogP contribution in [0.15, 0.2) is 59.5 Å². The molecule has 33 heavy (non-hydrogen) atoms. The second-order valence-corrected chi connectivity index (χ2v) is 8.89. The molecular weight excluding hydrogens is 440 g/mol. The van der Waals surface area contributed by atoms with E-state index in [-0.39, 0.29) is 28.5 Å². The lowest BCUT2D eigenvalue weighted by Gasteiger charge is -2.36. The largest absolute Gasteiger partial charge is 0.489 e. The fourth-order valence-electron chi connectivity index (χ4n) is 4.47. The van der Waals surface area contributed by atoms with Crippen molar-refractivity contribution in [3.8, 4) is 11.4 Å².